The van der Waals surface area contributed by atoms with Crippen LogP contribution >= 0.6 is 15.9 Å². The highest BCUT2D eigenvalue weighted by Gasteiger charge is 2.16. The first-order valence-electron chi connectivity index (χ1n) is 6.25. The first kappa shape index (κ1) is 14.4. The highest BCUT2D eigenvalue weighted by molar-refractivity contribution is 9.10. The number of hydrogen-bond donors (Lipinski definition) is 1. The molecule has 1 heterocycles. The number of rotatable bonds is 4. The fourth-order valence-corrected chi connectivity index (χ4v) is 2.44. The van der Waals surface area contributed by atoms with Gasteiger partial charge in [0, 0.05) is 12.2 Å². The van der Waals surface area contributed by atoms with Crippen LogP contribution in [-0.2, 0) is 0 Å². The lowest BCUT2D eigenvalue weighted by Gasteiger charge is -2.24. The average Bonchev–Trinajstić information content (AvgIpc) is 2.48. The molecule has 0 aliphatic rings. The van der Waals surface area contributed by atoms with Gasteiger partial charge < -0.3 is 10.6 Å². The molecule has 1 aromatic heterocycles. The number of nitriles is 1. The Morgan fingerprint density at radius 3 is 2.70 bits per heavy atom. The largest absolute Gasteiger partial charge is 0.397 e. The Kier molecular flexibility index (Phi) is 4.59. The van der Waals surface area contributed by atoms with Crippen LogP contribution in [0.4, 0.5) is 17.2 Å². The minimum absolute atomic E-state index is 0.423. The number of nitrogen functional groups attached to an aromatic ring is 1. The quantitative estimate of drug-likeness (QED) is 0.926. The van der Waals surface area contributed by atoms with E-state index < -0.39 is 0 Å². The van der Waals surface area contributed by atoms with Gasteiger partial charge in [-0.1, -0.05) is 18.2 Å². The molecule has 0 saturated carbocycles. The summed E-state index contributed by atoms with van der Waals surface area (Å²) in [6.45, 7) is 2.52. The van der Waals surface area contributed by atoms with Crippen LogP contribution in [0.3, 0.4) is 0 Å². The van der Waals surface area contributed by atoms with Crippen molar-refractivity contribution in [3.8, 4) is 6.07 Å². The normalized spacial score (nSPS) is 10.1. The Bertz CT molecular complexity index is 634. The van der Waals surface area contributed by atoms with Crippen LogP contribution in [0.1, 0.15) is 12.0 Å². The van der Waals surface area contributed by atoms with E-state index in [9.17, 15) is 0 Å². The van der Waals surface area contributed by atoms with Crippen molar-refractivity contribution in [3.63, 3.8) is 0 Å². The van der Waals surface area contributed by atoms with Crippen molar-refractivity contribution in [2.24, 2.45) is 0 Å². The van der Waals surface area contributed by atoms with Crippen LogP contribution < -0.4 is 10.6 Å². The number of pyridine rings is 1. The topological polar surface area (TPSA) is 65.9 Å². The maximum absolute atomic E-state index is 8.85. The fraction of sp³-hybridized carbons (Fsp3) is 0.200. The van der Waals surface area contributed by atoms with Gasteiger partial charge in [0.05, 0.1) is 28.8 Å². The molecule has 0 bridgehead atoms. The molecular formula is C15H15BrN4. The molecule has 0 atom stereocenters. The summed E-state index contributed by atoms with van der Waals surface area (Å²) in [5, 5.41) is 8.85. The number of para-hydroxylation sites is 1. The summed E-state index contributed by atoms with van der Waals surface area (Å²) in [6, 6.07) is 12.1. The van der Waals surface area contributed by atoms with Crippen LogP contribution in [0.25, 0.3) is 0 Å². The second kappa shape index (κ2) is 6.40. The Labute approximate surface area is 127 Å². The van der Waals surface area contributed by atoms with Crippen molar-refractivity contribution in [2.45, 2.75) is 13.3 Å². The molecule has 20 heavy (non-hydrogen) atoms. The Morgan fingerprint density at radius 2 is 2.05 bits per heavy atom. The SMILES string of the molecule is Cc1c(N)cnc(N(CCC#N)c2ccccc2)c1Br. The minimum Gasteiger partial charge on any atom is -0.397 e. The predicted molar refractivity (Wildman–Crippen MR) is 84.8 cm³/mol. The van der Waals surface area contributed by atoms with E-state index in [1.165, 1.54) is 0 Å². The van der Waals surface area contributed by atoms with Gasteiger partial charge in [0.15, 0.2) is 0 Å². The first-order chi connectivity index (χ1) is 9.65. The van der Waals surface area contributed by atoms with Crippen LogP contribution in [-0.4, -0.2) is 11.5 Å². The number of anilines is 3. The zero-order valence-electron chi connectivity index (χ0n) is 11.2. The van der Waals surface area contributed by atoms with Crippen molar-refractivity contribution >= 4 is 33.1 Å². The standard InChI is InChI=1S/C15H15BrN4/c1-11-13(18)10-19-15(14(11)16)20(9-5-8-17)12-6-3-2-4-7-12/h2-4,6-7,10H,5,9,18H2,1H3. The summed E-state index contributed by atoms with van der Waals surface area (Å²) in [4.78, 5) is 6.43. The lowest BCUT2D eigenvalue weighted by Crippen LogP contribution is -2.20. The van der Waals surface area contributed by atoms with Gasteiger partial charge in [0.25, 0.3) is 0 Å². The molecule has 4 nitrogen and oxygen atoms in total. The number of aromatic nitrogens is 1. The third kappa shape index (κ3) is 2.91. The van der Waals surface area contributed by atoms with Gasteiger partial charge in [0.2, 0.25) is 0 Å². The van der Waals surface area contributed by atoms with Crippen molar-refractivity contribution in [1.29, 1.82) is 5.26 Å². The zero-order chi connectivity index (χ0) is 14.5. The van der Waals surface area contributed by atoms with E-state index in [2.05, 4.69) is 27.0 Å². The summed E-state index contributed by atoms with van der Waals surface area (Å²) < 4.78 is 0.860. The van der Waals surface area contributed by atoms with E-state index in [1.807, 2.05) is 42.2 Å². The van der Waals surface area contributed by atoms with Gasteiger partial charge >= 0.3 is 0 Å². The molecule has 0 aliphatic heterocycles. The minimum atomic E-state index is 0.423. The van der Waals surface area contributed by atoms with Crippen LogP contribution in [0, 0.1) is 18.3 Å². The molecule has 0 unspecified atom stereocenters. The molecule has 0 fully saturated rings. The molecule has 1 aromatic carbocycles. The zero-order valence-corrected chi connectivity index (χ0v) is 12.8. The summed E-state index contributed by atoms with van der Waals surface area (Å²) >= 11 is 3.55. The molecular weight excluding hydrogens is 316 g/mol. The van der Waals surface area contributed by atoms with Crippen LogP contribution in [0.15, 0.2) is 41.0 Å². The Balaban J connectivity index is 2.47. The second-order valence-corrected chi connectivity index (χ2v) is 5.16. The van der Waals surface area contributed by atoms with Gasteiger partial charge in [-0.25, -0.2) is 4.98 Å². The number of hydrogen-bond acceptors (Lipinski definition) is 4. The average molecular weight is 331 g/mol. The van der Waals surface area contributed by atoms with E-state index in [-0.39, 0.29) is 0 Å². The lowest BCUT2D eigenvalue weighted by atomic mass is 10.2. The summed E-state index contributed by atoms with van der Waals surface area (Å²) in [5.74, 6) is 0.776. The highest BCUT2D eigenvalue weighted by atomic mass is 79.9. The molecule has 2 rings (SSSR count). The summed E-state index contributed by atoms with van der Waals surface area (Å²) in [7, 11) is 0. The third-order valence-electron chi connectivity index (χ3n) is 3.06. The number of nitrogens with two attached hydrogens (primary N) is 1. The van der Waals surface area contributed by atoms with Gasteiger partial charge in [0.1, 0.15) is 5.82 Å². The van der Waals surface area contributed by atoms with E-state index in [0.717, 1.165) is 21.5 Å². The summed E-state index contributed by atoms with van der Waals surface area (Å²) in [5.41, 5.74) is 8.46. The Morgan fingerprint density at radius 1 is 1.35 bits per heavy atom. The monoisotopic (exact) mass is 330 g/mol. The molecule has 2 N–H and O–H groups in total. The van der Waals surface area contributed by atoms with Crippen LogP contribution in [0.5, 0.6) is 0 Å². The lowest BCUT2D eigenvalue weighted by molar-refractivity contribution is 0.922. The number of benzene rings is 1. The van der Waals surface area contributed by atoms with Gasteiger partial charge in [-0.05, 0) is 40.5 Å². The number of halogens is 1. The maximum atomic E-state index is 8.85. The third-order valence-corrected chi connectivity index (χ3v) is 4.00. The molecule has 0 aliphatic carbocycles. The fourth-order valence-electron chi connectivity index (χ4n) is 1.89. The van der Waals surface area contributed by atoms with E-state index in [1.54, 1.807) is 6.20 Å². The molecule has 0 radical (unpaired) electrons. The molecule has 102 valence electrons. The van der Waals surface area contributed by atoms with E-state index in [0.29, 0.717) is 18.7 Å². The highest BCUT2D eigenvalue weighted by Crippen LogP contribution is 2.34. The molecule has 0 amide bonds. The van der Waals surface area contributed by atoms with Gasteiger partial charge in [-0.2, -0.15) is 5.26 Å². The molecule has 2 aromatic rings. The smallest absolute Gasteiger partial charge is 0.147 e. The van der Waals surface area contributed by atoms with Gasteiger partial charge in [-0.3, -0.25) is 0 Å². The van der Waals surface area contributed by atoms with Gasteiger partial charge in [-0.15, -0.1) is 0 Å². The second-order valence-electron chi connectivity index (χ2n) is 4.37. The summed E-state index contributed by atoms with van der Waals surface area (Å²) in [6.07, 6.45) is 2.07. The maximum Gasteiger partial charge on any atom is 0.147 e. The predicted octanol–water partition coefficient (Wildman–Crippen LogP) is 3.79. The van der Waals surface area contributed by atoms with Crippen LogP contribution in [0.2, 0.25) is 0 Å². The van der Waals surface area contributed by atoms with Crippen molar-refractivity contribution in [3.05, 3.63) is 46.6 Å². The molecule has 0 spiro atoms. The van der Waals surface area contributed by atoms with Crippen molar-refractivity contribution in [2.75, 3.05) is 17.2 Å². The Hall–Kier alpha value is -2.06. The van der Waals surface area contributed by atoms with E-state index in [4.69, 9.17) is 11.0 Å². The molecule has 5 heteroatoms. The van der Waals surface area contributed by atoms with Crippen molar-refractivity contribution in [1.82, 2.24) is 4.98 Å². The van der Waals surface area contributed by atoms with Crippen molar-refractivity contribution < 1.29 is 0 Å². The number of nitrogens with zero attached hydrogens (tertiary/aromatic N) is 3. The molecule has 0 saturated heterocycles. The first-order valence-corrected chi connectivity index (χ1v) is 7.04. The van der Waals surface area contributed by atoms with E-state index >= 15 is 0 Å².